The summed E-state index contributed by atoms with van der Waals surface area (Å²) in [5, 5.41) is 0. The quantitative estimate of drug-likeness (QED) is 0.204. The van der Waals surface area contributed by atoms with Crippen molar-refractivity contribution in [2.24, 2.45) is 0 Å². The number of unbranched alkanes of at least 4 members (excludes halogenated alkanes) is 9. The molecular formula is C19H36O2. The van der Waals surface area contributed by atoms with E-state index in [1.807, 2.05) is 6.92 Å². The number of esters is 1. The zero-order valence-electron chi connectivity index (χ0n) is 14.4. The normalized spacial score (nSPS) is 11.1. The molecule has 0 heterocycles. The molecule has 0 saturated heterocycles. The lowest BCUT2D eigenvalue weighted by atomic mass is 10.1. The summed E-state index contributed by atoms with van der Waals surface area (Å²) in [6, 6.07) is 0. The van der Waals surface area contributed by atoms with Gasteiger partial charge in [-0.15, -0.1) is 0 Å². The van der Waals surface area contributed by atoms with Gasteiger partial charge in [-0.25, -0.2) is 0 Å². The molecule has 0 amide bonds. The molecule has 0 spiro atoms. The van der Waals surface area contributed by atoms with E-state index in [9.17, 15) is 4.79 Å². The SMILES string of the molecule is CCCCCCC=CCCCCCCCC(=O)OCCC. The van der Waals surface area contributed by atoms with Gasteiger partial charge in [0.2, 0.25) is 0 Å². The van der Waals surface area contributed by atoms with Crippen LogP contribution in [-0.4, -0.2) is 12.6 Å². The topological polar surface area (TPSA) is 26.3 Å². The molecule has 2 nitrogen and oxygen atoms in total. The lowest BCUT2D eigenvalue weighted by Crippen LogP contribution is -2.04. The third-order valence-electron chi connectivity index (χ3n) is 3.61. The lowest BCUT2D eigenvalue weighted by Gasteiger charge is -2.02. The summed E-state index contributed by atoms with van der Waals surface area (Å²) in [6.45, 7) is 4.85. The van der Waals surface area contributed by atoms with Crippen molar-refractivity contribution >= 4 is 5.97 Å². The Hall–Kier alpha value is -0.790. The van der Waals surface area contributed by atoms with Gasteiger partial charge in [0, 0.05) is 6.42 Å². The van der Waals surface area contributed by atoms with E-state index in [0.717, 1.165) is 19.3 Å². The van der Waals surface area contributed by atoms with Crippen molar-refractivity contribution in [2.75, 3.05) is 6.61 Å². The highest BCUT2D eigenvalue weighted by Gasteiger charge is 2.00. The fourth-order valence-electron chi connectivity index (χ4n) is 2.27. The Morgan fingerprint density at radius 2 is 1.33 bits per heavy atom. The van der Waals surface area contributed by atoms with Gasteiger partial charge >= 0.3 is 5.97 Å². The van der Waals surface area contributed by atoms with E-state index in [-0.39, 0.29) is 5.97 Å². The molecule has 0 rings (SSSR count). The minimum Gasteiger partial charge on any atom is -0.466 e. The van der Waals surface area contributed by atoms with Gasteiger partial charge in [-0.2, -0.15) is 0 Å². The summed E-state index contributed by atoms with van der Waals surface area (Å²) < 4.78 is 5.05. The molecule has 0 aromatic carbocycles. The number of rotatable bonds is 15. The van der Waals surface area contributed by atoms with Gasteiger partial charge in [-0.1, -0.05) is 64.5 Å². The van der Waals surface area contributed by atoms with Crippen molar-refractivity contribution in [1.82, 2.24) is 0 Å². The largest absolute Gasteiger partial charge is 0.466 e. The minimum atomic E-state index is -0.0251. The standard InChI is InChI=1S/C19H36O2/c1-3-5-6-7-8-9-10-11-12-13-14-15-16-17-19(20)21-18-4-2/h9-10H,3-8,11-18H2,1-2H3. The molecule has 0 aliphatic rings. The molecule has 21 heavy (non-hydrogen) atoms. The lowest BCUT2D eigenvalue weighted by molar-refractivity contribution is -0.143. The van der Waals surface area contributed by atoms with Gasteiger partial charge in [-0.3, -0.25) is 4.79 Å². The molecule has 0 aromatic rings. The summed E-state index contributed by atoms with van der Waals surface area (Å²) in [7, 11) is 0. The first-order valence-corrected chi connectivity index (χ1v) is 9.11. The van der Waals surface area contributed by atoms with Crippen LogP contribution in [0.5, 0.6) is 0 Å². The van der Waals surface area contributed by atoms with Crippen molar-refractivity contribution in [1.29, 1.82) is 0 Å². The predicted octanol–water partition coefficient (Wildman–Crippen LogP) is 6.20. The van der Waals surface area contributed by atoms with E-state index in [2.05, 4.69) is 19.1 Å². The first-order valence-electron chi connectivity index (χ1n) is 9.11. The zero-order valence-corrected chi connectivity index (χ0v) is 14.4. The summed E-state index contributed by atoms with van der Waals surface area (Å²) >= 11 is 0. The summed E-state index contributed by atoms with van der Waals surface area (Å²) in [5.41, 5.74) is 0. The predicted molar refractivity (Wildman–Crippen MR) is 91.5 cm³/mol. The number of ether oxygens (including phenoxy) is 1. The molecule has 0 unspecified atom stereocenters. The smallest absolute Gasteiger partial charge is 0.305 e. The van der Waals surface area contributed by atoms with Gasteiger partial charge in [0.15, 0.2) is 0 Å². The van der Waals surface area contributed by atoms with Crippen LogP contribution < -0.4 is 0 Å². The Morgan fingerprint density at radius 1 is 0.762 bits per heavy atom. The van der Waals surface area contributed by atoms with Crippen molar-refractivity contribution < 1.29 is 9.53 Å². The molecular weight excluding hydrogens is 260 g/mol. The molecule has 0 aromatic heterocycles. The Morgan fingerprint density at radius 3 is 1.95 bits per heavy atom. The van der Waals surface area contributed by atoms with Crippen molar-refractivity contribution in [3.63, 3.8) is 0 Å². The molecule has 0 atom stereocenters. The monoisotopic (exact) mass is 296 g/mol. The number of allylic oxidation sites excluding steroid dienone is 2. The second kappa shape index (κ2) is 17.3. The minimum absolute atomic E-state index is 0.0251. The first-order chi connectivity index (χ1) is 10.3. The van der Waals surface area contributed by atoms with E-state index in [4.69, 9.17) is 4.74 Å². The molecule has 0 N–H and O–H groups in total. The first kappa shape index (κ1) is 20.2. The Balaban J connectivity index is 3.15. The fraction of sp³-hybridized carbons (Fsp3) is 0.842. The van der Waals surface area contributed by atoms with Gasteiger partial charge in [0.1, 0.15) is 0 Å². The van der Waals surface area contributed by atoms with E-state index in [1.54, 1.807) is 0 Å². The van der Waals surface area contributed by atoms with Crippen LogP contribution >= 0.6 is 0 Å². The van der Waals surface area contributed by atoms with Crippen LogP contribution in [0, 0.1) is 0 Å². The van der Waals surface area contributed by atoms with Crippen LogP contribution in [0.3, 0.4) is 0 Å². The molecule has 2 heteroatoms. The maximum atomic E-state index is 11.3. The van der Waals surface area contributed by atoms with Crippen LogP contribution in [0.4, 0.5) is 0 Å². The highest BCUT2D eigenvalue weighted by Crippen LogP contribution is 2.09. The number of carbonyl (C=O) groups is 1. The van der Waals surface area contributed by atoms with Crippen LogP contribution in [0.2, 0.25) is 0 Å². The third-order valence-corrected chi connectivity index (χ3v) is 3.61. The maximum absolute atomic E-state index is 11.3. The number of hydrogen-bond donors (Lipinski definition) is 0. The molecule has 0 saturated carbocycles. The van der Waals surface area contributed by atoms with Crippen molar-refractivity contribution in [3.05, 3.63) is 12.2 Å². The highest BCUT2D eigenvalue weighted by molar-refractivity contribution is 5.69. The van der Waals surface area contributed by atoms with Crippen LogP contribution in [0.1, 0.15) is 97.3 Å². The van der Waals surface area contributed by atoms with Crippen LogP contribution in [0.25, 0.3) is 0 Å². The van der Waals surface area contributed by atoms with E-state index >= 15 is 0 Å². The Bertz CT molecular complexity index is 246. The van der Waals surface area contributed by atoms with Crippen molar-refractivity contribution in [2.45, 2.75) is 97.3 Å². The maximum Gasteiger partial charge on any atom is 0.305 e. The number of carbonyl (C=O) groups excluding carboxylic acids is 1. The molecule has 0 aliphatic heterocycles. The molecule has 0 radical (unpaired) electrons. The van der Waals surface area contributed by atoms with Gasteiger partial charge < -0.3 is 4.74 Å². The number of hydrogen-bond acceptors (Lipinski definition) is 2. The third kappa shape index (κ3) is 17.2. The van der Waals surface area contributed by atoms with E-state index in [1.165, 1.54) is 57.8 Å². The summed E-state index contributed by atoms with van der Waals surface area (Å²) in [4.78, 5) is 11.3. The van der Waals surface area contributed by atoms with E-state index in [0.29, 0.717) is 13.0 Å². The average molecular weight is 296 g/mol. The van der Waals surface area contributed by atoms with Crippen LogP contribution in [-0.2, 0) is 9.53 Å². The van der Waals surface area contributed by atoms with Gasteiger partial charge in [-0.05, 0) is 38.5 Å². The second-order valence-corrected chi connectivity index (χ2v) is 5.85. The van der Waals surface area contributed by atoms with E-state index < -0.39 is 0 Å². The molecule has 0 fully saturated rings. The summed E-state index contributed by atoms with van der Waals surface area (Å²) in [5.74, 6) is -0.0251. The van der Waals surface area contributed by atoms with Gasteiger partial charge in [0.25, 0.3) is 0 Å². The molecule has 0 aliphatic carbocycles. The Kier molecular flexibility index (Phi) is 16.6. The Labute approximate surface area is 132 Å². The van der Waals surface area contributed by atoms with Crippen LogP contribution in [0.15, 0.2) is 12.2 Å². The highest BCUT2D eigenvalue weighted by atomic mass is 16.5. The fourth-order valence-corrected chi connectivity index (χ4v) is 2.27. The van der Waals surface area contributed by atoms with Crippen molar-refractivity contribution in [3.8, 4) is 0 Å². The second-order valence-electron chi connectivity index (χ2n) is 5.85. The summed E-state index contributed by atoms with van der Waals surface area (Å²) in [6.07, 6.45) is 20.0. The molecule has 0 bridgehead atoms. The zero-order chi connectivity index (χ0) is 15.6. The van der Waals surface area contributed by atoms with Gasteiger partial charge in [0.05, 0.1) is 6.61 Å². The molecule has 124 valence electrons. The average Bonchev–Trinajstić information content (AvgIpc) is 2.49.